The van der Waals surface area contributed by atoms with E-state index >= 15 is 0 Å². The molecule has 1 heterocycles. The number of halogens is 7. The minimum Gasteiger partial charge on any atom is -0.248 e. The van der Waals surface area contributed by atoms with E-state index < -0.39 is 23.1 Å². The molecular weight excluding hydrogens is 406 g/mol. The molecule has 0 spiro atoms. The van der Waals surface area contributed by atoms with E-state index in [0.717, 1.165) is 12.1 Å². The number of aromatic nitrogens is 1. The Morgan fingerprint density at radius 1 is 0.929 bits per heavy atom. The molecule has 0 aliphatic rings. The first-order chi connectivity index (χ1) is 12.9. The predicted molar refractivity (Wildman–Crippen MR) is 95.9 cm³/mol. The van der Waals surface area contributed by atoms with Gasteiger partial charge in [0.05, 0.1) is 22.5 Å². The fourth-order valence-corrected chi connectivity index (χ4v) is 2.66. The third-order valence-corrected chi connectivity index (χ3v) is 4.26. The van der Waals surface area contributed by atoms with Crippen LogP contribution in [0.15, 0.2) is 53.5 Å². The fourth-order valence-electron chi connectivity index (χ4n) is 2.57. The third-order valence-electron chi connectivity index (χ3n) is 3.96. The first-order valence-corrected chi connectivity index (χ1v) is 8.23. The largest absolute Gasteiger partial charge is 0.444 e. The molecule has 2 nitrogen and oxygen atoms in total. The lowest BCUT2D eigenvalue weighted by Crippen LogP contribution is -2.16. The summed E-state index contributed by atoms with van der Waals surface area (Å²) in [4.78, 5) is 7.71. The topological polar surface area (TPSA) is 25.2 Å². The SMILES string of the molecule is Cc1cc(-c2ccc3cc(C(F)(F)F)ccc3n2)ccc1/N=C(\Cl)C(F)(F)F. The molecule has 0 atom stereocenters. The van der Waals surface area contributed by atoms with Crippen LogP contribution in [-0.4, -0.2) is 16.3 Å². The van der Waals surface area contributed by atoms with Gasteiger partial charge < -0.3 is 0 Å². The molecule has 0 unspecified atom stereocenters. The highest BCUT2D eigenvalue weighted by atomic mass is 35.5. The molecule has 0 saturated carbocycles. The first kappa shape index (κ1) is 20.1. The van der Waals surface area contributed by atoms with Crippen LogP contribution in [0, 0.1) is 6.92 Å². The second-order valence-corrected chi connectivity index (χ2v) is 6.36. The molecule has 0 saturated heterocycles. The summed E-state index contributed by atoms with van der Waals surface area (Å²) >= 11 is 5.16. The van der Waals surface area contributed by atoms with Crippen LogP contribution in [0.5, 0.6) is 0 Å². The highest BCUT2D eigenvalue weighted by molar-refractivity contribution is 6.67. The highest BCUT2D eigenvalue weighted by Gasteiger charge is 2.34. The van der Waals surface area contributed by atoms with Crippen LogP contribution in [0.1, 0.15) is 11.1 Å². The van der Waals surface area contributed by atoms with Crippen LogP contribution >= 0.6 is 11.6 Å². The molecule has 0 amide bonds. The van der Waals surface area contributed by atoms with Gasteiger partial charge in [0.2, 0.25) is 5.17 Å². The number of hydrogen-bond donors (Lipinski definition) is 0. The van der Waals surface area contributed by atoms with E-state index in [9.17, 15) is 26.3 Å². The van der Waals surface area contributed by atoms with E-state index in [1.54, 1.807) is 19.1 Å². The van der Waals surface area contributed by atoms with Crippen molar-refractivity contribution in [1.82, 2.24) is 4.98 Å². The van der Waals surface area contributed by atoms with Gasteiger partial charge in [-0.2, -0.15) is 26.3 Å². The summed E-state index contributed by atoms with van der Waals surface area (Å²) in [5.41, 5.74) is 1.14. The summed E-state index contributed by atoms with van der Waals surface area (Å²) in [6.45, 7) is 1.57. The summed E-state index contributed by atoms with van der Waals surface area (Å²) < 4.78 is 75.9. The van der Waals surface area contributed by atoms with Gasteiger partial charge >= 0.3 is 12.4 Å². The maximum atomic E-state index is 12.8. The number of aryl methyl sites for hydroxylation is 1. The molecule has 146 valence electrons. The van der Waals surface area contributed by atoms with Crippen molar-refractivity contribution in [3.05, 3.63) is 59.7 Å². The normalized spacial score (nSPS) is 13.2. The average molecular weight is 417 g/mol. The molecule has 0 aliphatic heterocycles. The summed E-state index contributed by atoms with van der Waals surface area (Å²) in [5.74, 6) is 0. The number of rotatable bonds is 2. The van der Waals surface area contributed by atoms with E-state index in [4.69, 9.17) is 11.6 Å². The monoisotopic (exact) mass is 416 g/mol. The number of fused-ring (bicyclic) bond motifs is 1. The van der Waals surface area contributed by atoms with Crippen molar-refractivity contribution < 1.29 is 26.3 Å². The van der Waals surface area contributed by atoms with Crippen molar-refractivity contribution in [2.75, 3.05) is 0 Å². The molecule has 0 bridgehead atoms. The zero-order valence-corrected chi connectivity index (χ0v) is 14.9. The molecule has 2 aromatic carbocycles. The van der Waals surface area contributed by atoms with Crippen LogP contribution < -0.4 is 0 Å². The van der Waals surface area contributed by atoms with Crippen LogP contribution in [0.3, 0.4) is 0 Å². The lowest BCUT2D eigenvalue weighted by Gasteiger charge is -2.10. The van der Waals surface area contributed by atoms with E-state index in [0.29, 0.717) is 27.7 Å². The van der Waals surface area contributed by atoms with E-state index in [2.05, 4.69) is 9.98 Å². The van der Waals surface area contributed by atoms with Gasteiger partial charge in [-0.3, -0.25) is 0 Å². The lowest BCUT2D eigenvalue weighted by molar-refractivity contribution is -0.137. The maximum absolute atomic E-state index is 12.8. The van der Waals surface area contributed by atoms with Crippen molar-refractivity contribution in [1.29, 1.82) is 0 Å². The van der Waals surface area contributed by atoms with Gasteiger partial charge in [-0.25, -0.2) is 9.98 Å². The van der Waals surface area contributed by atoms with Gasteiger partial charge in [0.1, 0.15) is 0 Å². The number of pyridine rings is 1. The Balaban J connectivity index is 1.97. The molecule has 0 radical (unpaired) electrons. The summed E-state index contributed by atoms with van der Waals surface area (Å²) in [6.07, 6.45) is -9.18. The zero-order valence-electron chi connectivity index (χ0n) is 14.2. The third kappa shape index (κ3) is 4.27. The molecule has 3 rings (SSSR count). The lowest BCUT2D eigenvalue weighted by atomic mass is 10.0. The summed E-state index contributed by atoms with van der Waals surface area (Å²) in [7, 11) is 0. The number of hydrogen-bond acceptors (Lipinski definition) is 2. The van der Waals surface area contributed by atoms with Crippen molar-refractivity contribution >= 4 is 33.4 Å². The molecule has 0 aliphatic carbocycles. The van der Waals surface area contributed by atoms with Crippen molar-refractivity contribution in [2.24, 2.45) is 4.99 Å². The Kier molecular flexibility index (Phi) is 5.10. The van der Waals surface area contributed by atoms with Gasteiger partial charge in [-0.15, -0.1) is 0 Å². The predicted octanol–water partition coefficient (Wildman–Crippen LogP) is 7.06. The minimum absolute atomic E-state index is 0.0571. The summed E-state index contributed by atoms with van der Waals surface area (Å²) in [5, 5.41) is -1.15. The summed E-state index contributed by atoms with van der Waals surface area (Å²) in [6, 6.07) is 10.8. The van der Waals surface area contributed by atoms with Crippen molar-refractivity contribution in [3.8, 4) is 11.3 Å². The molecule has 9 heteroatoms. The fraction of sp³-hybridized carbons (Fsp3) is 0.158. The van der Waals surface area contributed by atoms with Crippen molar-refractivity contribution in [2.45, 2.75) is 19.3 Å². The van der Waals surface area contributed by atoms with E-state index in [-0.39, 0.29) is 5.69 Å². The first-order valence-electron chi connectivity index (χ1n) is 7.85. The van der Waals surface area contributed by atoms with Gasteiger partial charge in [-0.1, -0.05) is 23.7 Å². The molecule has 0 fully saturated rings. The smallest absolute Gasteiger partial charge is 0.248 e. The van der Waals surface area contributed by atoms with Crippen LogP contribution in [-0.2, 0) is 6.18 Å². The van der Waals surface area contributed by atoms with Crippen molar-refractivity contribution in [3.63, 3.8) is 0 Å². The minimum atomic E-state index is -4.73. The number of nitrogens with zero attached hydrogens (tertiary/aromatic N) is 2. The van der Waals surface area contributed by atoms with Gasteiger partial charge in [0, 0.05) is 10.9 Å². The standard InChI is InChI=1S/C19H11ClF6N2/c1-10-8-11(2-5-14(10)28-17(20)19(24,25)26)15-6-3-12-9-13(18(21,22)23)4-7-16(12)27-15/h2-9H,1H3/b28-17-. The molecule has 28 heavy (non-hydrogen) atoms. The van der Waals surface area contributed by atoms with E-state index in [1.807, 2.05) is 0 Å². The number of alkyl halides is 6. The molecule has 3 aromatic rings. The van der Waals surface area contributed by atoms with Crippen LogP contribution in [0.4, 0.5) is 32.0 Å². The second kappa shape index (κ2) is 7.09. The maximum Gasteiger partial charge on any atom is 0.444 e. The zero-order chi connectivity index (χ0) is 20.7. The molecular formula is C19H11ClF6N2. The number of aliphatic imine (C=N–C) groups is 1. The Hall–Kier alpha value is -2.61. The highest BCUT2D eigenvalue weighted by Crippen LogP contribution is 2.33. The van der Waals surface area contributed by atoms with Gasteiger partial charge in [0.15, 0.2) is 0 Å². The van der Waals surface area contributed by atoms with Gasteiger partial charge in [0.25, 0.3) is 0 Å². The average Bonchev–Trinajstić information content (AvgIpc) is 2.60. The van der Waals surface area contributed by atoms with Crippen LogP contribution in [0.25, 0.3) is 22.2 Å². The Morgan fingerprint density at radius 2 is 1.64 bits per heavy atom. The van der Waals surface area contributed by atoms with Gasteiger partial charge in [-0.05, 0) is 48.9 Å². The molecule has 1 aromatic heterocycles. The Bertz CT molecular complexity index is 1070. The molecule has 0 N–H and O–H groups in total. The second-order valence-electron chi connectivity index (χ2n) is 6.00. The quantitative estimate of drug-likeness (QED) is 0.324. The number of benzene rings is 2. The van der Waals surface area contributed by atoms with Crippen LogP contribution in [0.2, 0.25) is 0 Å². The Morgan fingerprint density at radius 3 is 2.25 bits per heavy atom. The Labute approximate surface area is 160 Å². The van der Waals surface area contributed by atoms with E-state index in [1.165, 1.54) is 24.3 Å².